The van der Waals surface area contributed by atoms with E-state index in [1.165, 1.54) is 14.2 Å². The first-order valence-electron chi connectivity index (χ1n) is 8.95. The van der Waals surface area contributed by atoms with Gasteiger partial charge in [-0.05, 0) is 42.3 Å². The number of halogens is 2. The van der Waals surface area contributed by atoms with E-state index in [1.54, 1.807) is 43.3 Å². The van der Waals surface area contributed by atoms with Gasteiger partial charge in [-0.2, -0.15) is 4.31 Å². The van der Waals surface area contributed by atoms with Crippen molar-refractivity contribution in [3.05, 3.63) is 57.6 Å². The zero-order valence-electron chi connectivity index (χ0n) is 17.1. The first kappa shape index (κ1) is 24.3. The van der Waals surface area contributed by atoms with Crippen LogP contribution in [-0.4, -0.2) is 45.7 Å². The van der Waals surface area contributed by atoms with Crippen molar-refractivity contribution in [3.8, 4) is 11.5 Å². The highest BCUT2D eigenvalue weighted by Gasteiger charge is 2.22. The second-order valence-electron chi connectivity index (χ2n) is 6.68. The van der Waals surface area contributed by atoms with Crippen molar-refractivity contribution < 1.29 is 22.7 Å². The fraction of sp³-hybridized carbons (Fsp3) is 0.350. The molecule has 0 unspecified atom stereocenters. The maximum absolute atomic E-state index is 12.6. The fourth-order valence-corrected chi connectivity index (χ4v) is 3.84. The summed E-state index contributed by atoms with van der Waals surface area (Å²) in [5, 5.41) is 3.49. The molecule has 1 amide bonds. The van der Waals surface area contributed by atoms with Gasteiger partial charge in [0.05, 0.1) is 43.1 Å². The summed E-state index contributed by atoms with van der Waals surface area (Å²) in [5.41, 5.74) is 1.41. The molecule has 2 aromatic carbocycles. The summed E-state index contributed by atoms with van der Waals surface area (Å²) >= 11 is 11.9. The number of ether oxygens (including phenoxy) is 2. The normalized spacial score (nSPS) is 12.5. The quantitative estimate of drug-likeness (QED) is 0.599. The smallest absolute Gasteiger partial charge is 0.235 e. The maximum atomic E-state index is 12.6. The Bertz CT molecular complexity index is 1010. The summed E-state index contributed by atoms with van der Waals surface area (Å²) < 4.78 is 35.9. The van der Waals surface area contributed by atoms with Gasteiger partial charge >= 0.3 is 0 Å². The third-order valence-corrected chi connectivity index (χ3v) is 6.35. The molecule has 0 aromatic heterocycles. The van der Waals surface area contributed by atoms with Crippen LogP contribution in [0.5, 0.6) is 11.5 Å². The van der Waals surface area contributed by atoms with Gasteiger partial charge in [0.25, 0.3) is 0 Å². The third kappa shape index (κ3) is 6.50. The minimum absolute atomic E-state index is 0.00607. The number of nitrogens with zero attached hydrogens (tertiary/aromatic N) is 1. The summed E-state index contributed by atoms with van der Waals surface area (Å²) in [4.78, 5) is 12.6. The van der Waals surface area contributed by atoms with Crippen molar-refractivity contribution in [1.29, 1.82) is 0 Å². The average molecular weight is 475 g/mol. The van der Waals surface area contributed by atoms with E-state index in [0.717, 1.165) is 16.1 Å². The molecule has 30 heavy (non-hydrogen) atoms. The van der Waals surface area contributed by atoms with E-state index in [4.69, 9.17) is 32.7 Å². The number of hydrogen-bond acceptors (Lipinski definition) is 5. The number of nitrogens with one attached hydrogen (secondary N) is 1. The van der Waals surface area contributed by atoms with E-state index in [1.807, 2.05) is 0 Å². The lowest BCUT2D eigenvalue weighted by atomic mass is 10.1. The number of benzene rings is 2. The summed E-state index contributed by atoms with van der Waals surface area (Å²) in [5.74, 6) is 0.668. The number of methoxy groups -OCH3 is 2. The molecule has 0 aliphatic carbocycles. The molecule has 0 radical (unpaired) electrons. The van der Waals surface area contributed by atoms with E-state index in [9.17, 15) is 13.2 Å². The highest BCUT2D eigenvalue weighted by Crippen LogP contribution is 2.30. The summed E-state index contributed by atoms with van der Waals surface area (Å²) in [7, 11) is -0.578. The first-order chi connectivity index (χ1) is 14.0. The van der Waals surface area contributed by atoms with Gasteiger partial charge in [-0.3, -0.25) is 4.79 Å². The lowest BCUT2D eigenvalue weighted by molar-refractivity contribution is -0.122. The number of hydrogen-bond donors (Lipinski definition) is 1. The Balaban J connectivity index is 2.11. The van der Waals surface area contributed by atoms with Crippen LogP contribution in [0.2, 0.25) is 10.0 Å². The van der Waals surface area contributed by atoms with Gasteiger partial charge < -0.3 is 14.8 Å². The zero-order valence-corrected chi connectivity index (χ0v) is 19.4. The minimum atomic E-state index is -3.64. The molecule has 1 N–H and O–H groups in total. The van der Waals surface area contributed by atoms with Crippen molar-refractivity contribution in [2.45, 2.75) is 19.5 Å². The second-order valence-corrected chi connectivity index (χ2v) is 9.48. The molecule has 0 saturated carbocycles. The number of carbonyl (C=O) groups excluding carboxylic acids is 1. The molecular weight excluding hydrogens is 451 g/mol. The van der Waals surface area contributed by atoms with Gasteiger partial charge in [-0.25, -0.2) is 8.42 Å². The van der Waals surface area contributed by atoms with E-state index in [2.05, 4.69) is 5.32 Å². The Morgan fingerprint density at radius 1 is 1.07 bits per heavy atom. The standard InChI is InChI=1S/C20H24Cl2N2O5S/c1-13(15-6-8-18(28-2)19(10-15)29-3)23-20(25)12-24(30(4,26)27)11-14-5-7-16(21)17(22)9-14/h5-10,13H,11-12H2,1-4H3,(H,23,25)/t13-/m0/s1. The van der Waals surface area contributed by atoms with Crippen LogP contribution >= 0.6 is 23.2 Å². The van der Waals surface area contributed by atoms with E-state index in [0.29, 0.717) is 27.1 Å². The number of carbonyl (C=O) groups is 1. The Morgan fingerprint density at radius 2 is 1.73 bits per heavy atom. The molecule has 0 saturated heterocycles. The van der Waals surface area contributed by atoms with Crippen LogP contribution in [0.25, 0.3) is 0 Å². The van der Waals surface area contributed by atoms with Gasteiger partial charge in [0.15, 0.2) is 11.5 Å². The van der Waals surface area contributed by atoms with Gasteiger partial charge in [0, 0.05) is 6.54 Å². The molecule has 10 heteroatoms. The fourth-order valence-electron chi connectivity index (χ4n) is 2.78. The highest BCUT2D eigenvalue weighted by molar-refractivity contribution is 7.88. The van der Waals surface area contributed by atoms with Crippen molar-refractivity contribution >= 4 is 39.1 Å². The van der Waals surface area contributed by atoms with E-state index < -0.39 is 15.9 Å². The van der Waals surface area contributed by atoms with Crippen LogP contribution in [-0.2, 0) is 21.4 Å². The molecule has 0 bridgehead atoms. The van der Waals surface area contributed by atoms with Crippen LogP contribution < -0.4 is 14.8 Å². The van der Waals surface area contributed by atoms with Gasteiger partial charge in [-0.15, -0.1) is 0 Å². The Morgan fingerprint density at radius 3 is 2.30 bits per heavy atom. The minimum Gasteiger partial charge on any atom is -0.493 e. The average Bonchev–Trinajstić information content (AvgIpc) is 2.68. The van der Waals surface area contributed by atoms with Crippen LogP contribution in [0, 0.1) is 0 Å². The van der Waals surface area contributed by atoms with Gasteiger partial charge in [-0.1, -0.05) is 35.3 Å². The van der Waals surface area contributed by atoms with Crippen molar-refractivity contribution in [3.63, 3.8) is 0 Å². The topological polar surface area (TPSA) is 84.9 Å². The molecule has 2 aromatic rings. The summed E-state index contributed by atoms with van der Waals surface area (Å²) in [6.07, 6.45) is 1.05. The molecule has 0 spiro atoms. The Hall–Kier alpha value is -2.00. The van der Waals surface area contributed by atoms with Crippen molar-refractivity contribution in [2.24, 2.45) is 0 Å². The Labute approximate surface area is 186 Å². The first-order valence-corrected chi connectivity index (χ1v) is 11.6. The van der Waals surface area contributed by atoms with E-state index in [-0.39, 0.29) is 19.1 Å². The lowest BCUT2D eigenvalue weighted by Gasteiger charge is -2.22. The number of sulfonamides is 1. The molecule has 1 atom stereocenters. The van der Waals surface area contributed by atoms with Gasteiger partial charge in [0.2, 0.25) is 15.9 Å². The van der Waals surface area contributed by atoms with Crippen LogP contribution in [0.4, 0.5) is 0 Å². The van der Waals surface area contributed by atoms with Gasteiger partial charge in [0.1, 0.15) is 0 Å². The maximum Gasteiger partial charge on any atom is 0.235 e. The largest absolute Gasteiger partial charge is 0.493 e. The molecule has 7 nitrogen and oxygen atoms in total. The molecule has 0 aliphatic rings. The number of amides is 1. The second kappa shape index (κ2) is 10.3. The molecule has 0 heterocycles. The van der Waals surface area contributed by atoms with Crippen LogP contribution in [0.3, 0.4) is 0 Å². The zero-order chi connectivity index (χ0) is 22.5. The summed E-state index contributed by atoms with van der Waals surface area (Å²) in [6.45, 7) is 1.45. The molecule has 2 rings (SSSR count). The van der Waals surface area contributed by atoms with Crippen molar-refractivity contribution in [1.82, 2.24) is 9.62 Å². The predicted molar refractivity (Wildman–Crippen MR) is 118 cm³/mol. The highest BCUT2D eigenvalue weighted by atomic mass is 35.5. The molecule has 0 aliphatic heterocycles. The summed E-state index contributed by atoms with van der Waals surface area (Å²) in [6, 6.07) is 9.75. The van der Waals surface area contributed by atoms with E-state index >= 15 is 0 Å². The molecule has 0 fully saturated rings. The number of rotatable bonds is 9. The molecular formula is C20H24Cl2N2O5S. The lowest BCUT2D eigenvalue weighted by Crippen LogP contribution is -2.40. The van der Waals surface area contributed by atoms with Crippen molar-refractivity contribution in [2.75, 3.05) is 27.0 Å². The van der Waals surface area contributed by atoms with Crippen LogP contribution in [0.1, 0.15) is 24.1 Å². The Kier molecular flexibility index (Phi) is 8.37. The SMILES string of the molecule is COc1ccc([C@H](C)NC(=O)CN(Cc2ccc(Cl)c(Cl)c2)S(C)(=O)=O)cc1OC. The molecule has 164 valence electrons. The third-order valence-electron chi connectivity index (χ3n) is 4.42. The predicted octanol–water partition coefficient (Wildman–Crippen LogP) is 3.65. The van der Waals surface area contributed by atoms with Crippen LogP contribution in [0.15, 0.2) is 36.4 Å². The monoisotopic (exact) mass is 474 g/mol.